The molecule has 0 radical (unpaired) electrons. The van der Waals surface area contributed by atoms with Crippen LogP contribution in [0.5, 0.6) is 0 Å². The van der Waals surface area contributed by atoms with Crippen LogP contribution in [0.15, 0.2) is 60.7 Å². The molecule has 8 amide bonds. The second-order valence-electron chi connectivity index (χ2n) is 17.5. The minimum Gasteiger partial charge on any atom is -0.442 e. The summed E-state index contributed by atoms with van der Waals surface area (Å²) >= 11 is 0. The van der Waals surface area contributed by atoms with Gasteiger partial charge in [-0.3, -0.25) is 33.7 Å². The van der Waals surface area contributed by atoms with Crippen molar-refractivity contribution in [3.63, 3.8) is 0 Å². The van der Waals surface area contributed by atoms with Crippen LogP contribution in [0.4, 0.5) is 15.3 Å². The van der Waals surface area contributed by atoms with Gasteiger partial charge in [0.1, 0.15) is 12.1 Å². The van der Waals surface area contributed by atoms with E-state index in [1.165, 1.54) is 18.6 Å². The molecule has 0 aliphatic carbocycles. The van der Waals surface area contributed by atoms with Crippen LogP contribution in [0.1, 0.15) is 155 Å². The minimum absolute atomic E-state index is 0.0499. The van der Waals surface area contributed by atoms with Gasteiger partial charge in [0.05, 0.1) is 0 Å². The number of nitrogens with two attached hydrogens (primary N) is 1. The van der Waals surface area contributed by atoms with Gasteiger partial charge in [-0.2, -0.15) is 0 Å². The quantitative estimate of drug-likeness (QED) is 0.0218. The molecule has 1 heterocycles. The first kappa shape index (κ1) is 57.3. The predicted molar refractivity (Wildman–Crippen MR) is 261 cm³/mol. The van der Waals surface area contributed by atoms with Crippen LogP contribution in [0, 0.1) is 11.8 Å². The Kier molecular flexibility index (Phi) is 29.5. The predicted octanol–water partition coefficient (Wildman–Crippen LogP) is 7.82. The lowest BCUT2D eigenvalue weighted by molar-refractivity contribution is -0.137. The van der Waals surface area contributed by atoms with Crippen LogP contribution in [0.2, 0.25) is 0 Å². The van der Waals surface area contributed by atoms with Crippen molar-refractivity contribution in [2.75, 3.05) is 25.0 Å². The highest BCUT2D eigenvalue weighted by Gasteiger charge is 2.29. The van der Waals surface area contributed by atoms with E-state index in [0.717, 1.165) is 81.9 Å². The lowest BCUT2D eigenvalue weighted by atomic mass is 9.91. The third-order valence-electron chi connectivity index (χ3n) is 11.4. The van der Waals surface area contributed by atoms with Gasteiger partial charge in [-0.05, 0) is 87.8 Å². The molecule has 0 fully saturated rings. The van der Waals surface area contributed by atoms with E-state index in [2.05, 4.69) is 64.7 Å². The topological polar surface area (TPSA) is 235 Å². The standard InChI is InChI=1S/C51H79N7O9/c1-5-7-9-11-12-13-14-15-17-20-25-40(24-19-16-10-8-6-2)43(59)37-67-51(66)54-36-39-28-30-41(31-29-39)55-48(63)42(26-23-34-53-50(52)65)56-49(64)47(38(3)4)57-44(60)27-21-18-22-35-58-45(61)32-33-46(58)62/h7,9,12-13,28-33,38,40,42,47H,5-6,8,10-11,14-27,34-37H2,1-4H3,(H,54,66)(H,55,63)(H,56,64)(H,57,60)(H3,52,53,65)/t40?,42-,47-/m0/s1. The summed E-state index contributed by atoms with van der Waals surface area (Å²) in [5.74, 6) is -2.63. The molecular formula is C51H79N7O9. The number of Topliss-reactive ketones (excluding diaryl/α,β-unsaturated/α-hetero) is 1. The Hall–Kier alpha value is -5.80. The number of amides is 8. The minimum atomic E-state index is -1.03. The van der Waals surface area contributed by atoms with Crippen molar-refractivity contribution >= 4 is 53.1 Å². The van der Waals surface area contributed by atoms with Crippen LogP contribution in [0.25, 0.3) is 0 Å². The number of nitrogens with one attached hydrogen (secondary N) is 5. The van der Waals surface area contributed by atoms with Gasteiger partial charge in [-0.25, -0.2) is 9.59 Å². The number of carbonyl (C=O) groups is 8. The number of ketones is 1. The number of ether oxygens (including phenoxy) is 1. The summed E-state index contributed by atoms with van der Waals surface area (Å²) in [7, 11) is 0. The van der Waals surface area contributed by atoms with Gasteiger partial charge in [0.2, 0.25) is 17.7 Å². The van der Waals surface area contributed by atoms with Gasteiger partial charge < -0.3 is 37.1 Å². The monoisotopic (exact) mass is 934 g/mol. The number of allylic oxidation sites excluding steroid dienone is 4. The largest absolute Gasteiger partial charge is 0.442 e. The molecule has 3 atom stereocenters. The number of hydrogen-bond acceptors (Lipinski definition) is 9. The summed E-state index contributed by atoms with van der Waals surface area (Å²) in [4.78, 5) is 102. The van der Waals surface area contributed by atoms with E-state index in [0.29, 0.717) is 36.9 Å². The van der Waals surface area contributed by atoms with Crippen molar-refractivity contribution in [1.29, 1.82) is 0 Å². The highest BCUT2D eigenvalue weighted by atomic mass is 16.6. The van der Waals surface area contributed by atoms with E-state index < -0.39 is 36.0 Å². The first-order valence-electron chi connectivity index (χ1n) is 24.5. The van der Waals surface area contributed by atoms with E-state index in [-0.39, 0.29) is 74.4 Å². The maximum absolute atomic E-state index is 13.6. The van der Waals surface area contributed by atoms with Gasteiger partial charge in [0.25, 0.3) is 11.8 Å². The van der Waals surface area contributed by atoms with Crippen molar-refractivity contribution in [2.24, 2.45) is 17.6 Å². The van der Waals surface area contributed by atoms with Gasteiger partial charge >= 0.3 is 12.1 Å². The molecule has 16 nitrogen and oxygen atoms in total. The number of anilines is 1. The Morgan fingerprint density at radius 3 is 2.03 bits per heavy atom. The van der Waals surface area contributed by atoms with Crippen molar-refractivity contribution in [2.45, 2.75) is 168 Å². The molecule has 1 aliphatic heterocycles. The maximum atomic E-state index is 13.6. The summed E-state index contributed by atoms with van der Waals surface area (Å²) < 4.78 is 5.36. The summed E-state index contributed by atoms with van der Waals surface area (Å²) in [6.07, 6.45) is 26.0. The lowest BCUT2D eigenvalue weighted by Gasteiger charge is -2.25. The fourth-order valence-corrected chi connectivity index (χ4v) is 7.47. The van der Waals surface area contributed by atoms with Gasteiger partial charge in [0.15, 0.2) is 12.4 Å². The number of alkyl carbamates (subject to hydrolysis) is 1. The third kappa shape index (κ3) is 25.6. The van der Waals surface area contributed by atoms with E-state index in [1.807, 2.05) is 0 Å². The molecule has 0 spiro atoms. The molecular weight excluding hydrogens is 855 g/mol. The summed E-state index contributed by atoms with van der Waals surface area (Å²) in [5, 5.41) is 13.5. The summed E-state index contributed by atoms with van der Waals surface area (Å²) in [6, 6.07) is 4.04. The first-order valence-corrected chi connectivity index (χ1v) is 24.5. The van der Waals surface area contributed by atoms with Crippen LogP contribution < -0.4 is 32.3 Å². The molecule has 2 rings (SSSR count). The number of primary amides is 1. The fraction of sp³-hybridized carbons (Fsp3) is 0.608. The Morgan fingerprint density at radius 2 is 1.37 bits per heavy atom. The normalized spacial score (nSPS) is 13.8. The highest BCUT2D eigenvalue weighted by molar-refractivity contribution is 6.12. The Balaban J connectivity index is 1.89. The third-order valence-corrected chi connectivity index (χ3v) is 11.4. The molecule has 372 valence electrons. The first-order chi connectivity index (χ1) is 32.2. The number of benzene rings is 1. The van der Waals surface area contributed by atoms with E-state index >= 15 is 0 Å². The van der Waals surface area contributed by atoms with Crippen LogP contribution in [-0.2, 0) is 40.0 Å². The number of hydrogen-bond donors (Lipinski definition) is 6. The SMILES string of the molecule is CCC=CCC=CCCCCCC(CCCCCCC)C(=O)COC(=O)NCc1ccc(NC(=O)[C@H](CCCNC(N)=O)NC(=O)[C@@H](NC(=O)CCCCCN2C(=O)C=CC2=O)C(C)C)cc1. The van der Waals surface area contributed by atoms with Crippen molar-refractivity contribution < 1.29 is 43.1 Å². The number of nitrogens with zero attached hydrogens (tertiary/aromatic N) is 1. The molecule has 16 heteroatoms. The van der Waals surface area contributed by atoms with Gasteiger partial charge in [-0.15, -0.1) is 0 Å². The van der Waals surface area contributed by atoms with Crippen LogP contribution >= 0.6 is 0 Å². The van der Waals surface area contributed by atoms with Crippen molar-refractivity contribution in [3.8, 4) is 0 Å². The number of rotatable bonds is 36. The Labute approximate surface area is 398 Å². The summed E-state index contributed by atoms with van der Waals surface area (Å²) in [6.45, 7) is 8.12. The molecule has 67 heavy (non-hydrogen) atoms. The molecule has 0 saturated heterocycles. The molecule has 0 saturated carbocycles. The molecule has 7 N–H and O–H groups in total. The average molecular weight is 934 g/mol. The van der Waals surface area contributed by atoms with Crippen LogP contribution in [-0.4, -0.2) is 84.1 Å². The number of carbonyl (C=O) groups excluding carboxylic acids is 8. The molecule has 0 bridgehead atoms. The van der Waals surface area contributed by atoms with Crippen molar-refractivity contribution in [1.82, 2.24) is 26.2 Å². The number of unbranched alkanes of at least 4 members (excludes halogenated alkanes) is 9. The molecule has 0 aromatic heterocycles. The Bertz CT molecular complexity index is 1780. The second kappa shape index (κ2) is 34.5. The molecule has 1 unspecified atom stereocenters. The highest BCUT2D eigenvalue weighted by Crippen LogP contribution is 2.21. The fourth-order valence-electron chi connectivity index (χ4n) is 7.47. The zero-order valence-electron chi connectivity index (χ0n) is 40.5. The molecule has 1 aromatic rings. The number of urea groups is 1. The van der Waals surface area contributed by atoms with Gasteiger partial charge in [-0.1, -0.05) is 115 Å². The average Bonchev–Trinajstić information content (AvgIpc) is 3.62. The second-order valence-corrected chi connectivity index (χ2v) is 17.5. The zero-order valence-corrected chi connectivity index (χ0v) is 40.5. The number of imide groups is 1. The molecule has 1 aromatic carbocycles. The smallest absolute Gasteiger partial charge is 0.407 e. The summed E-state index contributed by atoms with van der Waals surface area (Å²) in [5.41, 5.74) is 6.34. The van der Waals surface area contributed by atoms with E-state index in [9.17, 15) is 38.4 Å². The van der Waals surface area contributed by atoms with Crippen molar-refractivity contribution in [3.05, 3.63) is 66.3 Å². The van der Waals surface area contributed by atoms with E-state index in [1.54, 1.807) is 38.1 Å². The maximum Gasteiger partial charge on any atom is 0.407 e. The Morgan fingerprint density at radius 1 is 0.716 bits per heavy atom. The lowest BCUT2D eigenvalue weighted by Crippen LogP contribution is -2.54. The van der Waals surface area contributed by atoms with E-state index in [4.69, 9.17) is 10.5 Å². The van der Waals surface area contributed by atoms with Gasteiger partial charge in [0, 0.05) is 49.8 Å². The molecule has 1 aliphatic rings. The zero-order chi connectivity index (χ0) is 49.2. The van der Waals surface area contributed by atoms with Crippen LogP contribution in [0.3, 0.4) is 0 Å².